The molecule has 0 aliphatic rings. The zero-order valence-electron chi connectivity index (χ0n) is 12.8. The Labute approximate surface area is 126 Å². The van der Waals surface area contributed by atoms with E-state index in [9.17, 15) is 15.2 Å². The molecule has 1 aromatic carbocycles. The van der Waals surface area contributed by atoms with Gasteiger partial charge in [0.1, 0.15) is 11.4 Å². The van der Waals surface area contributed by atoms with Crippen molar-refractivity contribution in [3.63, 3.8) is 0 Å². The van der Waals surface area contributed by atoms with Crippen molar-refractivity contribution >= 4 is 11.4 Å². The van der Waals surface area contributed by atoms with Gasteiger partial charge in [-0.15, -0.1) is 0 Å². The lowest BCUT2D eigenvalue weighted by molar-refractivity contribution is -0.384. The first-order valence-corrected chi connectivity index (χ1v) is 7.86. The van der Waals surface area contributed by atoms with E-state index < -0.39 is 4.92 Å². The van der Waals surface area contributed by atoms with E-state index in [0.29, 0.717) is 5.69 Å². The number of phenolic OH excluding ortho intramolecular Hbond substituents is 1. The molecule has 0 radical (unpaired) electrons. The maximum Gasteiger partial charge on any atom is 0.296 e. The Kier molecular flexibility index (Phi) is 8.24. The second-order valence-corrected chi connectivity index (χ2v) is 5.36. The predicted octanol–water partition coefficient (Wildman–Crippen LogP) is 4.85. The van der Waals surface area contributed by atoms with Gasteiger partial charge in [0.05, 0.1) is 11.0 Å². The van der Waals surface area contributed by atoms with E-state index in [1.165, 1.54) is 50.7 Å². The smallest absolute Gasteiger partial charge is 0.296 e. The quantitative estimate of drug-likeness (QED) is 0.265. The molecule has 1 aromatic rings. The number of unbranched alkanes of at least 4 members (excludes halogenated alkanes) is 7. The van der Waals surface area contributed by atoms with E-state index in [1.807, 2.05) is 0 Å². The Bertz CT molecular complexity index is 436. The molecule has 0 saturated carbocycles. The van der Waals surface area contributed by atoms with Crippen LogP contribution < -0.4 is 5.32 Å². The summed E-state index contributed by atoms with van der Waals surface area (Å²) in [4.78, 5) is 10.4. The van der Waals surface area contributed by atoms with E-state index in [0.717, 1.165) is 19.4 Å². The topological polar surface area (TPSA) is 75.4 Å². The van der Waals surface area contributed by atoms with E-state index in [-0.39, 0.29) is 11.4 Å². The third kappa shape index (κ3) is 6.97. The van der Waals surface area contributed by atoms with Crippen LogP contribution in [0.4, 0.5) is 11.4 Å². The van der Waals surface area contributed by atoms with Gasteiger partial charge in [0.15, 0.2) is 0 Å². The highest BCUT2D eigenvalue weighted by Crippen LogP contribution is 2.28. The van der Waals surface area contributed by atoms with Gasteiger partial charge in [0.25, 0.3) is 5.69 Å². The van der Waals surface area contributed by atoms with Gasteiger partial charge < -0.3 is 10.4 Å². The van der Waals surface area contributed by atoms with Gasteiger partial charge >= 0.3 is 0 Å². The first-order valence-electron chi connectivity index (χ1n) is 7.86. The molecule has 0 spiro atoms. The summed E-state index contributed by atoms with van der Waals surface area (Å²) in [5.74, 6) is -0.0840. The molecule has 1 rings (SSSR count). The average Bonchev–Trinajstić information content (AvgIpc) is 2.46. The van der Waals surface area contributed by atoms with E-state index in [2.05, 4.69) is 12.2 Å². The monoisotopic (exact) mass is 294 g/mol. The molecule has 0 aromatic heterocycles. The summed E-state index contributed by atoms with van der Waals surface area (Å²) in [6.45, 7) is 2.94. The first-order chi connectivity index (χ1) is 10.1. The number of hydrogen-bond donors (Lipinski definition) is 2. The van der Waals surface area contributed by atoms with Crippen LogP contribution in [-0.2, 0) is 0 Å². The minimum atomic E-state index is -0.476. The highest BCUT2D eigenvalue weighted by atomic mass is 16.6. The highest BCUT2D eigenvalue weighted by Gasteiger charge is 2.13. The molecule has 0 atom stereocenters. The zero-order chi connectivity index (χ0) is 15.5. The summed E-state index contributed by atoms with van der Waals surface area (Å²) in [5.41, 5.74) is 0.398. The van der Waals surface area contributed by atoms with Gasteiger partial charge in [0, 0.05) is 6.54 Å². The standard InChI is InChI=1S/C16H26N2O3/c1-2-3-4-5-6-7-8-9-12-17-15-11-10-14(19)13-16(15)18(20)21/h10-11,13,17,19H,2-9,12H2,1H3. The van der Waals surface area contributed by atoms with Crippen molar-refractivity contribution in [3.8, 4) is 5.75 Å². The lowest BCUT2D eigenvalue weighted by Crippen LogP contribution is -2.04. The molecule has 2 N–H and O–H groups in total. The van der Waals surface area contributed by atoms with Gasteiger partial charge in [-0.25, -0.2) is 0 Å². The van der Waals surface area contributed by atoms with Crippen LogP contribution in [0.25, 0.3) is 0 Å². The SMILES string of the molecule is CCCCCCCCCCNc1ccc(O)cc1[N+](=O)[O-]. The van der Waals surface area contributed by atoms with Gasteiger partial charge in [0.2, 0.25) is 0 Å². The van der Waals surface area contributed by atoms with E-state index >= 15 is 0 Å². The summed E-state index contributed by atoms with van der Waals surface area (Å²) in [6, 6.07) is 4.19. The first kappa shape index (κ1) is 17.3. The summed E-state index contributed by atoms with van der Waals surface area (Å²) in [7, 11) is 0. The fraction of sp³-hybridized carbons (Fsp3) is 0.625. The molecule has 5 heteroatoms. The van der Waals surface area contributed by atoms with Gasteiger partial charge in [-0.3, -0.25) is 10.1 Å². The number of anilines is 1. The van der Waals surface area contributed by atoms with Crippen LogP contribution in [0.5, 0.6) is 5.75 Å². The maximum atomic E-state index is 10.9. The Hall–Kier alpha value is -1.78. The minimum Gasteiger partial charge on any atom is -0.508 e. The molecule has 0 bridgehead atoms. The van der Waals surface area contributed by atoms with Crippen LogP contribution >= 0.6 is 0 Å². The van der Waals surface area contributed by atoms with Crippen LogP contribution in [0.15, 0.2) is 18.2 Å². The average molecular weight is 294 g/mol. The molecule has 21 heavy (non-hydrogen) atoms. The third-order valence-corrected chi connectivity index (χ3v) is 3.52. The molecule has 0 aliphatic heterocycles. The molecule has 5 nitrogen and oxygen atoms in total. The summed E-state index contributed by atoms with van der Waals surface area (Å²) in [6.07, 6.45) is 9.89. The van der Waals surface area contributed by atoms with Crippen molar-refractivity contribution in [2.45, 2.75) is 58.3 Å². The van der Waals surface area contributed by atoms with Crippen LogP contribution in [0.2, 0.25) is 0 Å². The van der Waals surface area contributed by atoms with Crippen molar-refractivity contribution < 1.29 is 10.0 Å². The zero-order valence-corrected chi connectivity index (χ0v) is 12.8. The normalized spacial score (nSPS) is 10.5. The highest BCUT2D eigenvalue weighted by molar-refractivity contribution is 5.63. The molecule has 0 heterocycles. The molecule has 0 fully saturated rings. The van der Waals surface area contributed by atoms with Crippen molar-refractivity contribution in [2.75, 3.05) is 11.9 Å². The lowest BCUT2D eigenvalue weighted by atomic mass is 10.1. The van der Waals surface area contributed by atoms with Crippen molar-refractivity contribution in [1.82, 2.24) is 0 Å². The largest absolute Gasteiger partial charge is 0.508 e. The Morgan fingerprint density at radius 2 is 1.71 bits per heavy atom. The van der Waals surface area contributed by atoms with Gasteiger partial charge in [-0.1, -0.05) is 51.9 Å². The number of nitro benzene ring substituents is 1. The van der Waals surface area contributed by atoms with Crippen LogP contribution in [-0.4, -0.2) is 16.6 Å². The number of hydrogen-bond acceptors (Lipinski definition) is 4. The summed E-state index contributed by atoms with van der Waals surface area (Å²) < 4.78 is 0. The van der Waals surface area contributed by atoms with Crippen molar-refractivity contribution in [2.24, 2.45) is 0 Å². The third-order valence-electron chi connectivity index (χ3n) is 3.52. The van der Waals surface area contributed by atoms with E-state index in [4.69, 9.17) is 0 Å². The number of nitrogens with one attached hydrogen (secondary N) is 1. The molecule has 118 valence electrons. The molecule has 0 unspecified atom stereocenters. The molecular formula is C16H26N2O3. The Morgan fingerprint density at radius 1 is 1.10 bits per heavy atom. The maximum absolute atomic E-state index is 10.9. The second-order valence-electron chi connectivity index (χ2n) is 5.36. The van der Waals surface area contributed by atoms with Crippen LogP contribution in [0.3, 0.4) is 0 Å². The summed E-state index contributed by atoms with van der Waals surface area (Å²) in [5, 5.41) is 23.3. The van der Waals surface area contributed by atoms with Crippen LogP contribution in [0.1, 0.15) is 58.3 Å². The predicted molar refractivity (Wildman–Crippen MR) is 85.9 cm³/mol. The Morgan fingerprint density at radius 3 is 2.33 bits per heavy atom. The van der Waals surface area contributed by atoms with Gasteiger partial charge in [-0.05, 0) is 18.6 Å². The number of nitro groups is 1. The minimum absolute atomic E-state index is 0.0745. The number of benzene rings is 1. The fourth-order valence-electron chi connectivity index (χ4n) is 2.30. The Balaban J connectivity index is 2.20. The molecule has 0 aliphatic carbocycles. The lowest BCUT2D eigenvalue weighted by Gasteiger charge is -2.07. The number of nitrogens with zero attached hydrogens (tertiary/aromatic N) is 1. The van der Waals surface area contributed by atoms with Gasteiger partial charge in [-0.2, -0.15) is 0 Å². The number of phenols is 1. The number of rotatable bonds is 11. The summed E-state index contributed by atoms with van der Waals surface area (Å²) >= 11 is 0. The molecular weight excluding hydrogens is 268 g/mol. The van der Waals surface area contributed by atoms with Crippen molar-refractivity contribution in [1.29, 1.82) is 0 Å². The number of aromatic hydroxyl groups is 1. The van der Waals surface area contributed by atoms with Crippen molar-refractivity contribution in [3.05, 3.63) is 28.3 Å². The van der Waals surface area contributed by atoms with Crippen LogP contribution in [0, 0.1) is 10.1 Å². The molecule has 0 amide bonds. The van der Waals surface area contributed by atoms with E-state index in [1.54, 1.807) is 6.07 Å². The molecule has 0 saturated heterocycles. The second kappa shape index (κ2) is 10.0. The fourth-order valence-corrected chi connectivity index (χ4v) is 2.30.